The van der Waals surface area contributed by atoms with Crippen molar-refractivity contribution in [3.05, 3.63) is 28.5 Å². The maximum Gasteiger partial charge on any atom is 0.267 e. The van der Waals surface area contributed by atoms with Crippen LogP contribution in [0.15, 0.2) is 12.1 Å². The van der Waals surface area contributed by atoms with E-state index in [2.05, 4.69) is 20.8 Å². The van der Waals surface area contributed by atoms with E-state index in [-0.39, 0.29) is 33.1 Å². The third-order valence-corrected chi connectivity index (χ3v) is 8.60. The van der Waals surface area contributed by atoms with Crippen molar-refractivity contribution >= 4 is 27.5 Å². The van der Waals surface area contributed by atoms with Gasteiger partial charge in [0, 0.05) is 16.9 Å². The summed E-state index contributed by atoms with van der Waals surface area (Å²) in [5.74, 6) is -1.01. The summed E-state index contributed by atoms with van der Waals surface area (Å²) in [4.78, 5) is 12.1. The second-order valence-corrected chi connectivity index (χ2v) is 12.2. The lowest BCUT2D eigenvalue weighted by atomic mass is 9.70. The highest BCUT2D eigenvalue weighted by Crippen LogP contribution is 2.73. The fourth-order valence-electron chi connectivity index (χ4n) is 6.61. The van der Waals surface area contributed by atoms with Gasteiger partial charge in [0.25, 0.3) is 5.91 Å². The number of amides is 1. The first-order valence-corrected chi connectivity index (χ1v) is 12.2. The van der Waals surface area contributed by atoms with Crippen LogP contribution in [0, 0.1) is 28.0 Å². The normalized spacial score (nSPS) is 38.1. The highest BCUT2D eigenvalue weighted by atomic mass is 35.5. The average molecular weight is 444 g/mol. The molecule has 1 aromatic rings. The van der Waals surface area contributed by atoms with Crippen LogP contribution in [0.1, 0.15) is 63.2 Å². The van der Waals surface area contributed by atoms with E-state index in [0.717, 1.165) is 37.7 Å². The van der Waals surface area contributed by atoms with Gasteiger partial charge in [-0.3, -0.25) is 4.79 Å². The van der Waals surface area contributed by atoms with Gasteiger partial charge in [0.1, 0.15) is 17.7 Å². The molecule has 5 rings (SSSR count). The maximum atomic E-state index is 14.7. The van der Waals surface area contributed by atoms with Crippen molar-refractivity contribution in [3.8, 4) is 5.75 Å². The molecule has 0 saturated heterocycles. The number of fused-ring (bicyclic) bond motifs is 1. The molecule has 4 fully saturated rings. The van der Waals surface area contributed by atoms with Crippen LogP contribution in [0.4, 0.5) is 4.39 Å². The van der Waals surface area contributed by atoms with Gasteiger partial charge < -0.3 is 4.74 Å². The van der Waals surface area contributed by atoms with Crippen LogP contribution in [0.3, 0.4) is 0 Å². The molecular weight excluding hydrogens is 417 g/mol. The molecule has 1 unspecified atom stereocenters. The third-order valence-electron chi connectivity index (χ3n) is 7.75. The Balaban J connectivity index is 1.67. The van der Waals surface area contributed by atoms with E-state index in [1.165, 1.54) is 12.8 Å². The first kappa shape index (κ1) is 20.9. The Morgan fingerprint density at radius 3 is 2.62 bits per heavy atom. The third kappa shape index (κ3) is 3.25. The number of carbonyl (C=O) groups is 1. The van der Waals surface area contributed by atoms with Crippen LogP contribution in [-0.4, -0.2) is 26.7 Å². The van der Waals surface area contributed by atoms with Gasteiger partial charge >= 0.3 is 0 Å². The Morgan fingerprint density at radius 2 is 1.97 bits per heavy atom. The summed E-state index contributed by atoms with van der Waals surface area (Å²) in [6.45, 7) is 6.89. The van der Waals surface area contributed by atoms with Crippen molar-refractivity contribution in [3.63, 3.8) is 0 Å². The Labute approximate surface area is 176 Å². The van der Waals surface area contributed by atoms with Crippen LogP contribution in [0.2, 0.25) is 5.02 Å². The topological polar surface area (TPSA) is 72.5 Å². The van der Waals surface area contributed by atoms with E-state index in [4.69, 9.17) is 16.3 Å². The van der Waals surface area contributed by atoms with E-state index in [0.29, 0.717) is 5.92 Å². The Kier molecular flexibility index (Phi) is 4.57. The minimum absolute atomic E-state index is 0.0130. The molecule has 0 spiro atoms. The summed E-state index contributed by atoms with van der Waals surface area (Å²) >= 11 is 6.34. The minimum Gasteiger partial charge on any atom is -0.488 e. The molecule has 5 atom stereocenters. The van der Waals surface area contributed by atoms with Gasteiger partial charge in [-0.05, 0) is 49.5 Å². The molecule has 4 aliphatic rings. The van der Waals surface area contributed by atoms with Gasteiger partial charge in [0.05, 0.1) is 16.8 Å². The number of ether oxygens (including phenoxy) is 1. The van der Waals surface area contributed by atoms with E-state index in [1.54, 1.807) is 4.72 Å². The van der Waals surface area contributed by atoms with Crippen LogP contribution < -0.4 is 9.46 Å². The molecule has 1 amide bonds. The Hall–Kier alpha value is -1.34. The van der Waals surface area contributed by atoms with Crippen molar-refractivity contribution in [1.82, 2.24) is 4.72 Å². The SMILES string of the molecule is CC12C[C@H]3CC[C@](C)(C[C@]1(C)C3)[C@H]2Oc1cc(F)c(C(=O)NS(C)(=O)=O)cc1Cl. The zero-order valence-electron chi connectivity index (χ0n) is 17.1. The molecular formula is C21H27ClFNO4S. The van der Waals surface area contributed by atoms with E-state index >= 15 is 0 Å². The second kappa shape index (κ2) is 6.33. The summed E-state index contributed by atoms with van der Waals surface area (Å²) in [5, 5.41) is 0.0957. The minimum atomic E-state index is -3.81. The fourth-order valence-corrected chi connectivity index (χ4v) is 7.27. The predicted octanol–water partition coefficient (Wildman–Crippen LogP) is 4.54. The van der Waals surface area contributed by atoms with Crippen molar-refractivity contribution < 1.29 is 22.3 Å². The summed E-state index contributed by atoms with van der Waals surface area (Å²) < 4.78 is 45.4. The average Bonchev–Trinajstić information content (AvgIpc) is 2.76. The first-order valence-electron chi connectivity index (χ1n) is 9.94. The lowest BCUT2D eigenvalue weighted by molar-refractivity contribution is -0.00235. The summed E-state index contributed by atoms with van der Waals surface area (Å²) in [6.07, 6.45) is 6.37. The van der Waals surface area contributed by atoms with Crippen molar-refractivity contribution in [2.24, 2.45) is 22.2 Å². The summed E-state index contributed by atoms with van der Waals surface area (Å²) in [6, 6.07) is 2.24. The van der Waals surface area contributed by atoms with Crippen molar-refractivity contribution in [1.29, 1.82) is 0 Å². The molecule has 4 aliphatic carbocycles. The number of hydrogen-bond acceptors (Lipinski definition) is 4. The summed E-state index contributed by atoms with van der Waals surface area (Å²) in [5.41, 5.74) is -0.271. The maximum absolute atomic E-state index is 14.7. The molecule has 29 heavy (non-hydrogen) atoms. The van der Waals surface area contributed by atoms with E-state index in [1.807, 2.05) is 0 Å². The number of nitrogens with one attached hydrogen (secondary N) is 1. The Bertz CT molecular complexity index is 999. The number of carbonyl (C=O) groups excluding carboxylic acids is 1. The predicted molar refractivity (Wildman–Crippen MR) is 109 cm³/mol. The molecule has 4 saturated carbocycles. The first-order chi connectivity index (χ1) is 13.3. The van der Waals surface area contributed by atoms with Gasteiger partial charge in [0.15, 0.2) is 0 Å². The molecule has 1 aromatic carbocycles. The molecule has 0 heterocycles. The van der Waals surface area contributed by atoms with Gasteiger partial charge in [-0.2, -0.15) is 0 Å². The zero-order valence-corrected chi connectivity index (χ0v) is 18.7. The highest BCUT2D eigenvalue weighted by Gasteiger charge is 2.70. The lowest BCUT2D eigenvalue weighted by Crippen LogP contribution is -2.43. The highest BCUT2D eigenvalue weighted by molar-refractivity contribution is 7.89. The number of hydrogen-bond donors (Lipinski definition) is 1. The molecule has 5 nitrogen and oxygen atoms in total. The van der Waals surface area contributed by atoms with E-state index in [9.17, 15) is 17.6 Å². The molecule has 8 heteroatoms. The monoisotopic (exact) mass is 443 g/mol. The second-order valence-electron chi connectivity index (χ2n) is 10.1. The lowest BCUT2D eigenvalue weighted by Gasteiger charge is -2.40. The fraction of sp³-hybridized carbons (Fsp3) is 0.667. The number of benzene rings is 1. The molecule has 0 radical (unpaired) electrons. The Morgan fingerprint density at radius 1 is 1.28 bits per heavy atom. The van der Waals surface area contributed by atoms with Crippen molar-refractivity contribution in [2.45, 2.75) is 59.0 Å². The quantitative estimate of drug-likeness (QED) is 0.741. The van der Waals surface area contributed by atoms with E-state index < -0.39 is 27.3 Å². The van der Waals surface area contributed by atoms with Crippen molar-refractivity contribution in [2.75, 3.05) is 6.26 Å². The molecule has 1 N–H and O–H groups in total. The number of rotatable bonds is 4. The summed E-state index contributed by atoms with van der Waals surface area (Å²) in [7, 11) is -3.81. The molecule has 0 aliphatic heterocycles. The van der Waals surface area contributed by atoms with Gasteiger partial charge in [-0.1, -0.05) is 32.4 Å². The van der Waals surface area contributed by atoms with Crippen LogP contribution >= 0.6 is 11.6 Å². The van der Waals surface area contributed by atoms with Crippen LogP contribution in [-0.2, 0) is 10.0 Å². The number of sulfonamides is 1. The molecule has 160 valence electrons. The standard InChI is InChI=1S/C21H27ClFNO4S/c1-19-6-5-12-9-20(2,11-19)21(3,10-12)18(19)28-16-8-15(23)13(7-14(16)22)17(25)24-29(4,26)27/h7-8,12,18H,5-6,9-11H2,1-4H3,(H,24,25)/t12-,18+,19+,20-,21?/m0/s1. The molecule has 4 bridgehead atoms. The smallest absolute Gasteiger partial charge is 0.267 e. The zero-order chi connectivity index (χ0) is 21.4. The van der Waals surface area contributed by atoms with Crippen LogP contribution in [0.5, 0.6) is 5.75 Å². The van der Waals surface area contributed by atoms with Gasteiger partial charge in [-0.25, -0.2) is 17.5 Å². The van der Waals surface area contributed by atoms with Crippen LogP contribution in [0.25, 0.3) is 0 Å². The van der Waals surface area contributed by atoms with Gasteiger partial charge in [0.2, 0.25) is 10.0 Å². The largest absolute Gasteiger partial charge is 0.488 e. The molecule has 0 aromatic heterocycles. The number of halogens is 2. The van der Waals surface area contributed by atoms with Gasteiger partial charge in [-0.15, -0.1) is 0 Å².